The van der Waals surface area contributed by atoms with E-state index in [4.69, 9.17) is 35.2 Å². The van der Waals surface area contributed by atoms with Crippen molar-refractivity contribution < 1.29 is 42.9 Å². The number of nitrogens with zero attached hydrogens (tertiary/aromatic N) is 5. The van der Waals surface area contributed by atoms with E-state index >= 15 is 0 Å². The van der Waals surface area contributed by atoms with E-state index in [1.807, 2.05) is 40.7 Å². The highest BCUT2D eigenvalue weighted by Crippen LogP contribution is 2.52. The minimum absolute atomic E-state index is 0.00493. The number of rotatable bonds is 16. The second-order valence-electron chi connectivity index (χ2n) is 19.6. The van der Waals surface area contributed by atoms with Gasteiger partial charge in [0.15, 0.2) is 0 Å². The molecule has 1 aromatic carbocycles. The molecule has 3 saturated carbocycles. The number of carbonyl (C=O) groups excluding carboxylic acids is 3. The van der Waals surface area contributed by atoms with Gasteiger partial charge in [-0.05, 0) is 76.0 Å². The van der Waals surface area contributed by atoms with Gasteiger partial charge >= 0.3 is 12.1 Å². The number of nitrogens with one attached hydrogen (secondary N) is 3. The summed E-state index contributed by atoms with van der Waals surface area (Å²) in [5, 5.41) is 19.7. The number of fused-ring (bicyclic) bond motifs is 2. The molecule has 3 amide bonds. The number of carboxylic acid groups (broad SMARTS) is 1. The lowest BCUT2D eigenvalue weighted by Gasteiger charge is -2.35. The number of anilines is 1. The molecule has 0 spiro atoms. The molecular weight excluding hydrogens is 844 g/mol. The number of likely N-dealkylation sites (N-methyl/N-ethyl adjacent to an activating group) is 1. The number of likely N-dealkylation sites (tertiary alicyclic amines) is 1. The molecule has 2 aliphatic heterocycles. The molecule has 5 aliphatic rings. The maximum atomic E-state index is 14.8. The molecule has 0 radical (unpaired) electrons. The number of pyridine rings is 1. The molecule has 3 aliphatic carbocycles. The number of carbonyl (C=O) groups is 4. The Morgan fingerprint density at radius 1 is 1.03 bits per heavy atom. The summed E-state index contributed by atoms with van der Waals surface area (Å²) in [5.74, 6) is -0.867. The lowest BCUT2D eigenvalue weighted by Crippen LogP contribution is -2.59. The number of piperazine rings is 1. The summed E-state index contributed by atoms with van der Waals surface area (Å²) in [5.41, 5.74) is -1.16. The first-order chi connectivity index (χ1) is 30.4. The number of halogens is 1. The summed E-state index contributed by atoms with van der Waals surface area (Å²) >= 11 is 7.11. The Kier molecular flexibility index (Phi) is 12.8. The first-order valence-electron chi connectivity index (χ1n) is 22.4. The highest BCUT2D eigenvalue weighted by atomic mass is 35.5. The molecule has 346 valence electrons. The maximum Gasteiger partial charge on any atom is 0.408 e. The van der Waals surface area contributed by atoms with Crippen LogP contribution in [0.25, 0.3) is 22.3 Å². The second kappa shape index (κ2) is 18.0. The van der Waals surface area contributed by atoms with E-state index in [1.54, 1.807) is 12.1 Å². The first kappa shape index (κ1) is 45.4. The summed E-state index contributed by atoms with van der Waals surface area (Å²) < 4.78 is 24.5. The highest BCUT2D eigenvalue weighted by molar-refractivity contribution is 6.36. The molecule has 2 saturated heterocycles. The molecule has 17 nitrogen and oxygen atoms in total. The summed E-state index contributed by atoms with van der Waals surface area (Å²) in [6.45, 7) is 18.1. The van der Waals surface area contributed by atoms with Crippen LogP contribution >= 0.6 is 11.6 Å². The van der Waals surface area contributed by atoms with Crippen LogP contribution in [-0.2, 0) is 19.1 Å². The molecule has 64 heavy (non-hydrogen) atoms. The van der Waals surface area contributed by atoms with E-state index in [0.29, 0.717) is 58.2 Å². The van der Waals surface area contributed by atoms with Crippen LogP contribution in [0, 0.1) is 23.2 Å². The van der Waals surface area contributed by atoms with Crippen molar-refractivity contribution in [3.8, 4) is 22.9 Å². The fourth-order valence-electron chi connectivity index (χ4n) is 9.36. The highest BCUT2D eigenvalue weighted by Gasteiger charge is 2.61. The zero-order valence-electron chi connectivity index (χ0n) is 37.5. The van der Waals surface area contributed by atoms with Crippen LogP contribution in [-0.4, -0.2) is 142 Å². The van der Waals surface area contributed by atoms with Crippen molar-refractivity contribution in [2.75, 3.05) is 58.2 Å². The number of ether oxygens (including phenoxy) is 3. The van der Waals surface area contributed by atoms with Crippen LogP contribution in [0.4, 0.5) is 10.8 Å². The SMILES string of the molecule is C=C[C@@H]1CC1(NC(=O)[C@@H]1C[C@@H](Oc2cc(-c3coc(NC(C)C)n3)nc3c(Cl)c(OCCN4CCN(C)CC4)ccc23)CN1C(=O)[C@@H](NC(=O)O[C@@H]1C[C@@H]2C[C@@H]2C1)C(C)(C)C)C(=O)O. The fourth-order valence-corrected chi connectivity index (χ4v) is 9.62. The number of carboxylic acids is 1. The monoisotopic (exact) mass is 904 g/mol. The van der Waals surface area contributed by atoms with Crippen LogP contribution in [0.3, 0.4) is 0 Å². The number of aliphatic carboxylic acids is 1. The van der Waals surface area contributed by atoms with Gasteiger partial charge in [0, 0.05) is 62.6 Å². The van der Waals surface area contributed by atoms with Gasteiger partial charge in [-0.2, -0.15) is 4.98 Å². The van der Waals surface area contributed by atoms with Crippen LogP contribution in [0.1, 0.15) is 66.7 Å². The van der Waals surface area contributed by atoms with Crippen molar-refractivity contribution >= 4 is 52.4 Å². The van der Waals surface area contributed by atoms with E-state index in [1.165, 1.54) is 17.2 Å². The van der Waals surface area contributed by atoms with Gasteiger partial charge in [0.25, 0.3) is 6.01 Å². The third kappa shape index (κ3) is 9.76. The number of aromatic nitrogens is 2. The lowest BCUT2D eigenvalue weighted by atomic mass is 9.85. The van der Waals surface area contributed by atoms with Gasteiger partial charge < -0.3 is 49.5 Å². The standard InChI is InChI=1S/C46H61ClN8O9/c1-8-28-22-46(28,42(58)59)52-40(56)34-20-30(23-55(34)41(57)39(45(4,5)6)51-44(60)64-29-18-26-17-27(26)19-29)63-36-21-32(33-24-62-43(50-33)48-25(2)3)49-38-31(36)9-10-35(37(38)47)61-16-15-54-13-11-53(7)12-14-54/h8-10,21,24-30,34,39H,1,11-20,22-23H2,2-7H3,(H,48,50)(H,51,60)(H,52,56)(H,58,59)/t26-,27+,28-,29+,30-,34+,39-,46?/m1/s1. The van der Waals surface area contributed by atoms with Crippen molar-refractivity contribution in [2.24, 2.45) is 23.2 Å². The predicted octanol–water partition coefficient (Wildman–Crippen LogP) is 5.42. The Balaban J connectivity index is 1.09. The van der Waals surface area contributed by atoms with Crippen molar-refractivity contribution in [1.29, 1.82) is 0 Å². The van der Waals surface area contributed by atoms with E-state index in [0.717, 1.165) is 52.0 Å². The van der Waals surface area contributed by atoms with Crippen LogP contribution in [0.15, 0.2) is 41.5 Å². The van der Waals surface area contributed by atoms with Crippen molar-refractivity contribution in [2.45, 2.75) is 103 Å². The number of amides is 3. The molecule has 3 aromatic rings. The quantitative estimate of drug-likeness (QED) is 0.133. The zero-order chi connectivity index (χ0) is 45.7. The number of hydrogen-bond acceptors (Lipinski definition) is 13. The maximum absolute atomic E-state index is 14.8. The molecule has 18 heteroatoms. The van der Waals surface area contributed by atoms with Crippen LogP contribution < -0.4 is 25.4 Å². The molecule has 4 N–H and O–H groups in total. The molecule has 8 atom stereocenters. The summed E-state index contributed by atoms with van der Waals surface area (Å²) in [6.07, 6.45) is 4.27. The topological polar surface area (TPSA) is 201 Å². The third-order valence-corrected chi connectivity index (χ3v) is 13.7. The molecule has 2 aromatic heterocycles. The predicted molar refractivity (Wildman–Crippen MR) is 239 cm³/mol. The summed E-state index contributed by atoms with van der Waals surface area (Å²) in [4.78, 5) is 70.5. The average Bonchev–Trinajstić information content (AvgIpc) is 3.91. The Hall–Kier alpha value is -5.13. The van der Waals surface area contributed by atoms with Gasteiger partial charge in [-0.15, -0.1) is 6.58 Å². The van der Waals surface area contributed by atoms with Gasteiger partial charge in [0.2, 0.25) is 11.8 Å². The average molecular weight is 905 g/mol. The van der Waals surface area contributed by atoms with E-state index < -0.39 is 58.9 Å². The smallest absolute Gasteiger partial charge is 0.408 e. The van der Waals surface area contributed by atoms with Gasteiger partial charge in [0.05, 0.1) is 17.8 Å². The van der Waals surface area contributed by atoms with Gasteiger partial charge in [-0.25, -0.2) is 14.6 Å². The van der Waals surface area contributed by atoms with E-state index in [-0.39, 0.29) is 36.6 Å². The Morgan fingerprint density at radius 3 is 2.42 bits per heavy atom. The number of oxazole rings is 1. The normalized spacial score (nSPS) is 27.2. The second-order valence-corrected chi connectivity index (χ2v) is 20.0. The van der Waals surface area contributed by atoms with Gasteiger partial charge in [-0.1, -0.05) is 38.4 Å². The molecule has 5 fully saturated rings. The van der Waals surface area contributed by atoms with Crippen molar-refractivity contribution in [3.63, 3.8) is 0 Å². The molecule has 1 unspecified atom stereocenters. The Bertz CT molecular complexity index is 2260. The van der Waals surface area contributed by atoms with E-state index in [2.05, 4.69) is 44.4 Å². The Labute approximate surface area is 378 Å². The fraction of sp³-hybridized carbons (Fsp3) is 0.609. The molecule has 4 heterocycles. The lowest BCUT2D eigenvalue weighted by molar-refractivity contribution is -0.146. The molecule has 0 bridgehead atoms. The summed E-state index contributed by atoms with van der Waals surface area (Å²) in [7, 11) is 2.11. The van der Waals surface area contributed by atoms with E-state index in [9.17, 15) is 24.3 Å². The van der Waals surface area contributed by atoms with Crippen LogP contribution in [0.5, 0.6) is 11.5 Å². The third-order valence-electron chi connectivity index (χ3n) is 13.3. The zero-order valence-corrected chi connectivity index (χ0v) is 38.3. The largest absolute Gasteiger partial charge is 0.491 e. The van der Waals surface area contributed by atoms with Gasteiger partial charge in [-0.3, -0.25) is 14.5 Å². The Morgan fingerprint density at radius 2 is 1.77 bits per heavy atom. The minimum atomic E-state index is -1.54. The number of benzene rings is 1. The van der Waals surface area contributed by atoms with Crippen LogP contribution in [0.2, 0.25) is 5.02 Å². The number of alkyl carbamates (subject to hydrolysis) is 1. The van der Waals surface area contributed by atoms with Crippen molar-refractivity contribution in [3.05, 3.63) is 42.1 Å². The number of hydrogen-bond donors (Lipinski definition) is 4. The van der Waals surface area contributed by atoms with Crippen molar-refractivity contribution in [1.82, 2.24) is 35.3 Å². The first-order valence-corrected chi connectivity index (χ1v) is 22.8. The molecular formula is C46H61ClN8O9. The van der Waals surface area contributed by atoms with Gasteiger partial charge in [0.1, 0.15) is 64.9 Å². The molecule has 8 rings (SSSR count). The minimum Gasteiger partial charge on any atom is -0.491 e. The summed E-state index contributed by atoms with van der Waals surface area (Å²) in [6, 6.07) is 3.41.